The largest absolute Gasteiger partial charge is 0.478 e. The maximum atomic E-state index is 11.0. The van der Waals surface area contributed by atoms with Crippen molar-refractivity contribution in [3.05, 3.63) is 69.0 Å². The molecule has 1 aliphatic heterocycles. The van der Waals surface area contributed by atoms with E-state index in [1.54, 1.807) is 23.9 Å². The zero-order valence-corrected chi connectivity index (χ0v) is 10.3. The maximum absolute atomic E-state index is 11.0. The molecule has 18 heavy (non-hydrogen) atoms. The van der Waals surface area contributed by atoms with Crippen LogP contribution in [0, 0.1) is 0 Å². The van der Waals surface area contributed by atoms with E-state index in [-0.39, 0.29) is 0 Å². The number of hydrogen-bond acceptors (Lipinski definition) is 2. The number of carboxylic acids is 1. The second-order valence-electron chi connectivity index (χ2n) is 4.06. The molecule has 1 aliphatic carbocycles. The van der Waals surface area contributed by atoms with E-state index in [0.717, 1.165) is 16.7 Å². The Morgan fingerprint density at radius 1 is 1.17 bits per heavy atom. The number of carbonyl (C=O) groups is 1. The van der Waals surface area contributed by atoms with Crippen LogP contribution in [0.1, 0.15) is 21.5 Å². The standard InChI is InChI=1S/C15H10O2S/c16-15(17)13-6-5-12-9-14-10(2-1-7-18-14)3-4-11(12)8-13/h1-9H,(H,16,17). The van der Waals surface area contributed by atoms with Gasteiger partial charge in [-0.05, 0) is 40.3 Å². The van der Waals surface area contributed by atoms with Crippen LogP contribution >= 0.6 is 11.8 Å². The van der Waals surface area contributed by atoms with Gasteiger partial charge in [-0.1, -0.05) is 42.1 Å². The van der Waals surface area contributed by atoms with E-state index >= 15 is 0 Å². The van der Waals surface area contributed by atoms with Crippen LogP contribution < -0.4 is 0 Å². The van der Waals surface area contributed by atoms with E-state index in [4.69, 9.17) is 5.11 Å². The van der Waals surface area contributed by atoms with Crippen LogP contribution in [0.2, 0.25) is 0 Å². The molecule has 1 heterocycles. The van der Waals surface area contributed by atoms with Gasteiger partial charge in [-0.3, -0.25) is 0 Å². The van der Waals surface area contributed by atoms with Gasteiger partial charge in [0.05, 0.1) is 5.56 Å². The molecular weight excluding hydrogens is 244 g/mol. The molecule has 1 N–H and O–H groups in total. The minimum Gasteiger partial charge on any atom is -0.478 e. The zero-order valence-electron chi connectivity index (χ0n) is 9.46. The molecule has 0 atom stereocenters. The number of thioether (sulfide) groups is 1. The fraction of sp³-hybridized carbons (Fsp3) is 0. The fourth-order valence-corrected chi connectivity index (χ4v) is 2.74. The number of benzene rings is 1. The zero-order chi connectivity index (χ0) is 12.5. The predicted molar refractivity (Wildman–Crippen MR) is 75.2 cm³/mol. The first kappa shape index (κ1) is 11.1. The molecule has 0 spiro atoms. The molecule has 2 nitrogen and oxygen atoms in total. The van der Waals surface area contributed by atoms with Crippen molar-refractivity contribution in [2.24, 2.45) is 0 Å². The Morgan fingerprint density at radius 3 is 2.89 bits per heavy atom. The lowest BCUT2D eigenvalue weighted by molar-refractivity contribution is 0.0697. The summed E-state index contributed by atoms with van der Waals surface area (Å²) in [5.41, 5.74) is 3.48. The van der Waals surface area contributed by atoms with Gasteiger partial charge in [0.2, 0.25) is 0 Å². The summed E-state index contributed by atoms with van der Waals surface area (Å²) in [6.07, 6.45) is 10.2. The van der Waals surface area contributed by atoms with Crippen molar-refractivity contribution in [2.45, 2.75) is 0 Å². The average Bonchev–Trinajstić information content (AvgIpc) is 2.56. The van der Waals surface area contributed by atoms with Crippen molar-refractivity contribution < 1.29 is 9.90 Å². The summed E-state index contributed by atoms with van der Waals surface area (Å²) in [5, 5.41) is 11.0. The van der Waals surface area contributed by atoms with Crippen LogP contribution in [0.15, 0.2) is 52.3 Å². The summed E-state index contributed by atoms with van der Waals surface area (Å²) >= 11 is 1.68. The van der Waals surface area contributed by atoms with Crippen LogP contribution in [0.5, 0.6) is 0 Å². The summed E-state index contributed by atoms with van der Waals surface area (Å²) < 4.78 is 0. The first-order valence-corrected chi connectivity index (χ1v) is 6.43. The van der Waals surface area contributed by atoms with Crippen LogP contribution in [-0.4, -0.2) is 11.1 Å². The van der Waals surface area contributed by atoms with Crippen LogP contribution in [0.3, 0.4) is 0 Å². The van der Waals surface area contributed by atoms with Gasteiger partial charge in [0, 0.05) is 4.91 Å². The number of hydrogen-bond donors (Lipinski definition) is 1. The first-order valence-electron chi connectivity index (χ1n) is 5.55. The molecule has 1 aromatic rings. The van der Waals surface area contributed by atoms with Gasteiger partial charge in [0.25, 0.3) is 0 Å². The van der Waals surface area contributed by atoms with E-state index in [2.05, 4.69) is 12.2 Å². The number of rotatable bonds is 1. The van der Waals surface area contributed by atoms with Crippen LogP contribution in [-0.2, 0) is 0 Å². The summed E-state index contributed by atoms with van der Waals surface area (Å²) in [6, 6.07) is 5.21. The SMILES string of the molecule is O=C(O)c1ccc2c(c1)C=CC1=CC=CSC1=C2. The minimum atomic E-state index is -0.893. The molecule has 88 valence electrons. The van der Waals surface area contributed by atoms with Crippen molar-refractivity contribution >= 4 is 29.9 Å². The summed E-state index contributed by atoms with van der Waals surface area (Å²) in [5.74, 6) is -0.893. The third kappa shape index (κ3) is 1.93. The van der Waals surface area contributed by atoms with Crippen molar-refractivity contribution in [3.8, 4) is 0 Å². The van der Waals surface area contributed by atoms with Gasteiger partial charge in [0.1, 0.15) is 0 Å². The third-order valence-corrected chi connectivity index (χ3v) is 3.80. The van der Waals surface area contributed by atoms with Gasteiger partial charge in [-0.15, -0.1) is 0 Å². The molecule has 3 rings (SSSR count). The summed E-state index contributed by atoms with van der Waals surface area (Å²) in [7, 11) is 0. The average molecular weight is 254 g/mol. The molecule has 0 unspecified atom stereocenters. The highest BCUT2D eigenvalue weighted by molar-refractivity contribution is 8.06. The number of allylic oxidation sites excluding steroid dienone is 4. The Kier molecular flexibility index (Phi) is 2.68. The lowest BCUT2D eigenvalue weighted by Gasteiger charge is -2.07. The molecule has 3 heteroatoms. The number of aromatic carboxylic acids is 1. The molecular formula is C15H10O2S. The minimum absolute atomic E-state index is 0.321. The van der Waals surface area contributed by atoms with Gasteiger partial charge < -0.3 is 5.11 Å². The molecule has 0 radical (unpaired) electrons. The Hall–Kier alpha value is -2.00. The summed E-state index contributed by atoms with van der Waals surface area (Å²) in [6.45, 7) is 0. The highest BCUT2D eigenvalue weighted by Crippen LogP contribution is 2.35. The van der Waals surface area contributed by atoms with E-state index in [1.165, 1.54) is 4.91 Å². The molecule has 1 aromatic carbocycles. The van der Waals surface area contributed by atoms with Crippen molar-refractivity contribution in [3.63, 3.8) is 0 Å². The quantitative estimate of drug-likeness (QED) is 0.824. The molecule has 0 amide bonds. The maximum Gasteiger partial charge on any atom is 0.335 e. The molecule has 2 aliphatic rings. The fourth-order valence-electron chi connectivity index (χ4n) is 1.97. The molecule has 0 aromatic heterocycles. The Balaban J connectivity index is 2.13. The summed E-state index contributed by atoms with van der Waals surface area (Å²) in [4.78, 5) is 12.1. The van der Waals surface area contributed by atoms with E-state index in [0.29, 0.717) is 5.56 Å². The van der Waals surface area contributed by atoms with Crippen molar-refractivity contribution in [1.82, 2.24) is 0 Å². The van der Waals surface area contributed by atoms with Crippen molar-refractivity contribution in [2.75, 3.05) is 0 Å². The van der Waals surface area contributed by atoms with E-state index in [9.17, 15) is 4.79 Å². The van der Waals surface area contributed by atoms with Crippen LogP contribution in [0.4, 0.5) is 0 Å². The molecule has 0 saturated carbocycles. The highest BCUT2D eigenvalue weighted by atomic mass is 32.2. The number of carboxylic acid groups (broad SMARTS) is 1. The topological polar surface area (TPSA) is 37.3 Å². The second kappa shape index (κ2) is 4.35. The van der Waals surface area contributed by atoms with E-state index in [1.807, 2.05) is 29.7 Å². The Morgan fingerprint density at radius 2 is 2.06 bits per heavy atom. The molecule has 0 fully saturated rings. The number of fused-ring (bicyclic) bond motifs is 2. The second-order valence-corrected chi connectivity index (χ2v) is 5.01. The molecule has 0 saturated heterocycles. The normalized spacial score (nSPS) is 16.2. The van der Waals surface area contributed by atoms with Gasteiger partial charge in [0.15, 0.2) is 0 Å². The third-order valence-electron chi connectivity index (χ3n) is 2.90. The smallest absolute Gasteiger partial charge is 0.335 e. The van der Waals surface area contributed by atoms with Gasteiger partial charge >= 0.3 is 5.97 Å². The van der Waals surface area contributed by atoms with E-state index < -0.39 is 5.97 Å². The lowest BCUT2D eigenvalue weighted by atomic mass is 10.0. The Labute approximate surface area is 109 Å². The Bertz CT molecular complexity index is 648. The predicted octanol–water partition coefficient (Wildman–Crippen LogP) is 3.94. The van der Waals surface area contributed by atoms with Crippen LogP contribution in [0.25, 0.3) is 12.2 Å². The monoisotopic (exact) mass is 254 g/mol. The lowest BCUT2D eigenvalue weighted by Crippen LogP contribution is -1.96. The molecule has 0 bridgehead atoms. The van der Waals surface area contributed by atoms with Gasteiger partial charge in [-0.25, -0.2) is 4.79 Å². The van der Waals surface area contributed by atoms with Gasteiger partial charge in [-0.2, -0.15) is 0 Å². The van der Waals surface area contributed by atoms with Crippen molar-refractivity contribution in [1.29, 1.82) is 0 Å². The first-order chi connectivity index (χ1) is 8.74. The highest BCUT2D eigenvalue weighted by Gasteiger charge is 2.12.